The monoisotopic (exact) mass is 244 g/mol. The zero-order chi connectivity index (χ0) is 9.84. The second-order valence-corrected chi connectivity index (χ2v) is 3.02. The van der Waals surface area contributed by atoms with Crippen LogP contribution in [0.5, 0.6) is 5.75 Å². The van der Waals surface area contributed by atoms with Crippen LogP contribution in [0, 0.1) is 0 Å². The van der Waals surface area contributed by atoms with Gasteiger partial charge in [0, 0.05) is 4.47 Å². The van der Waals surface area contributed by atoms with E-state index < -0.39 is 5.97 Å². The van der Waals surface area contributed by atoms with Crippen LogP contribution in [0.4, 0.5) is 0 Å². The van der Waals surface area contributed by atoms with E-state index in [4.69, 9.17) is 5.11 Å². The summed E-state index contributed by atoms with van der Waals surface area (Å²) in [5.74, 6) is -0.876. The molecule has 5 heteroatoms. The van der Waals surface area contributed by atoms with E-state index in [1.54, 1.807) is 0 Å². The van der Waals surface area contributed by atoms with Crippen molar-refractivity contribution in [3.63, 3.8) is 0 Å². The first-order valence-corrected chi connectivity index (χ1v) is 4.07. The molecule has 1 aromatic carbocycles. The van der Waals surface area contributed by atoms with Crippen molar-refractivity contribution >= 4 is 28.4 Å². The zero-order valence-corrected chi connectivity index (χ0v) is 7.95. The Bertz CT molecular complexity index is 348. The van der Waals surface area contributed by atoms with Crippen LogP contribution in [0.15, 0.2) is 22.7 Å². The van der Waals surface area contributed by atoms with E-state index >= 15 is 0 Å². The molecule has 1 N–H and O–H groups in total. The number of aromatic carboxylic acids is 1. The van der Waals surface area contributed by atoms with Gasteiger partial charge < -0.3 is 9.84 Å². The molecule has 0 aliphatic rings. The molecule has 1 rings (SSSR count). The molecule has 0 saturated carbocycles. The summed E-state index contributed by atoms with van der Waals surface area (Å²) in [5, 5.41) is 8.68. The van der Waals surface area contributed by atoms with Crippen LogP contribution < -0.4 is 4.74 Å². The summed E-state index contributed by atoms with van der Waals surface area (Å²) in [5.41, 5.74) is 0.0550. The highest BCUT2D eigenvalue weighted by molar-refractivity contribution is 9.10. The molecular weight excluding hydrogens is 240 g/mol. The summed E-state index contributed by atoms with van der Waals surface area (Å²) < 4.78 is 4.93. The number of ether oxygens (including phenoxy) is 1. The molecule has 0 atom stereocenters. The van der Waals surface area contributed by atoms with Gasteiger partial charge in [-0.3, -0.25) is 4.79 Å². The normalized spacial score (nSPS) is 9.31. The molecule has 0 heterocycles. The van der Waals surface area contributed by atoms with Crippen LogP contribution in [0.1, 0.15) is 10.4 Å². The predicted octanol–water partition coefficient (Wildman–Crippen LogP) is 1.68. The van der Waals surface area contributed by atoms with Crippen molar-refractivity contribution in [1.82, 2.24) is 0 Å². The smallest absolute Gasteiger partial charge is 0.336 e. The van der Waals surface area contributed by atoms with Gasteiger partial charge in [0.1, 0.15) is 5.75 Å². The summed E-state index contributed by atoms with van der Waals surface area (Å²) in [6.45, 7) is 0.245. The Morgan fingerprint density at radius 3 is 2.77 bits per heavy atom. The van der Waals surface area contributed by atoms with Gasteiger partial charge in [-0.2, -0.15) is 0 Å². The third kappa shape index (κ3) is 2.29. The summed E-state index contributed by atoms with van der Waals surface area (Å²) in [6.07, 6.45) is 0. The fourth-order valence-corrected chi connectivity index (χ4v) is 1.21. The number of benzene rings is 1. The van der Waals surface area contributed by atoms with Crippen LogP contribution in [-0.4, -0.2) is 17.5 Å². The lowest BCUT2D eigenvalue weighted by atomic mass is 10.2. The number of carboxylic acids is 1. The van der Waals surface area contributed by atoms with Crippen molar-refractivity contribution in [2.24, 2.45) is 0 Å². The predicted molar refractivity (Wildman–Crippen MR) is 47.8 cm³/mol. The number of carbonyl (C=O) groups excluding carboxylic acids is 1. The van der Waals surface area contributed by atoms with Crippen molar-refractivity contribution in [1.29, 1.82) is 0 Å². The van der Waals surface area contributed by atoms with Gasteiger partial charge in [-0.1, -0.05) is 0 Å². The van der Waals surface area contributed by atoms with Crippen molar-refractivity contribution in [3.05, 3.63) is 28.2 Å². The van der Waals surface area contributed by atoms with Crippen molar-refractivity contribution < 1.29 is 19.4 Å². The second kappa shape index (κ2) is 4.04. The molecule has 13 heavy (non-hydrogen) atoms. The topological polar surface area (TPSA) is 63.6 Å². The average Bonchev–Trinajstić information content (AvgIpc) is 2.08. The second-order valence-electron chi connectivity index (χ2n) is 2.16. The summed E-state index contributed by atoms with van der Waals surface area (Å²) in [4.78, 5) is 20.6. The molecule has 0 amide bonds. The minimum absolute atomic E-state index is 0.0550. The van der Waals surface area contributed by atoms with Gasteiger partial charge in [-0.15, -0.1) is 0 Å². The minimum atomic E-state index is -1.08. The molecule has 0 unspecified atom stereocenters. The Kier molecular flexibility index (Phi) is 3.02. The van der Waals surface area contributed by atoms with Crippen molar-refractivity contribution in [2.45, 2.75) is 0 Å². The van der Waals surface area contributed by atoms with Gasteiger partial charge in [0.2, 0.25) is 0 Å². The van der Waals surface area contributed by atoms with Gasteiger partial charge in [-0.05, 0) is 34.1 Å². The molecule has 0 saturated heterocycles. The van der Waals surface area contributed by atoms with Gasteiger partial charge in [0.25, 0.3) is 6.47 Å². The van der Waals surface area contributed by atoms with Gasteiger partial charge >= 0.3 is 5.97 Å². The van der Waals surface area contributed by atoms with Crippen LogP contribution >= 0.6 is 15.9 Å². The lowest BCUT2D eigenvalue weighted by Crippen LogP contribution is -1.98. The fourth-order valence-electron chi connectivity index (χ4n) is 0.797. The molecule has 0 aromatic heterocycles. The summed E-state index contributed by atoms with van der Waals surface area (Å²) in [6, 6.07) is 4.26. The highest BCUT2D eigenvalue weighted by Gasteiger charge is 2.09. The molecule has 4 nitrogen and oxygen atoms in total. The van der Waals surface area contributed by atoms with Crippen molar-refractivity contribution in [2.75, 3.05) is 0 Å². The Labute approximate surface area is 82.3 Å². The fraction of sp³-hybridized carbons (Fsp3) is 0. The maximum atomic E-state index is 10.6. The van der Waals surface area contributed by atoms with Crippen molar-refractivity contribution in [3.8, 4) is 5.75 Å². The minimum Gasteiger partial charge on any atom is -0.478 e. The lowest BCUT2D eigenvalue weighted by molar-refractivity contribution is -0.120. The maximum Gasteiger partial charge on any atom is 0.336 e. The first-order valence-electron chi connectivity index (χ1n) is 3.28. The first-order chi connectivity index (χ1) is 6.15. The molecule has 68 valence electrons. The highest BCUT2D eigenvalue weighted by atomic mass is 79.9. The van der Waals surface area contributed by atoms with E-state index in [0.717, 1.165) is 0 Å². The highest BCUT2D eigenvalue weighted by Crippen LogP contribution is 2.22. The number of carboxylic acid groups (broad SMARTS) is 1. The molecule has 1 aromatic rings. The van der Waals surface area contributed by atoms with E-state index in [9.17, 15) is 9.59 Å². The quantitative estimate of drug-likeness (QED) is 0.823. The molecule has 0 fully saturated rings. The largest absolute Gasteiger partial charge is 0.478 e. The molecular formula is C8H5BrO4. The molecule has 0 spiro atoms. The Balaban J connectivity index is 3.10. The third-order valence-corrected chi connectivity index (χ3v) is 2.04. The SMILES string of the molecule is O=COc1ccc(Br)c(C(=O)O)c1. The number of halogens is 1. The maximum absolute atomic E-state index is 10.6. The Morgan fingerprint density at radius 1 is 1.54 bits per heavy atom. The van der Waals surface area contributed by atoms with E-state index in [-0.39, 0.29) is 17.8 Å². The standard InChI is InChI=1S/C8H5BrO4/c9-7-2-1-5(13-4-10)3-6(7)8(11)12/h1-4H,(H,11,12). The van der Waals surface area contributed by atoms with E-state index in [1.807, 2.05) is 0 Å². The summed E-state index contributed by atoms with van der Waals surface area (Å²) in [7, 11) is 0. The summed E-state index contributed by atoms with van der Waals surface area (Å²) >= 11 is 3.06. The van der Waals surface area contributed by atoms with E-state index in [2.05, 4.69) is 20.7 Å². The van der Waals surface area contributed by atoms with Crippen LogP contribution in [0.25, 0.3) is 0 Å². The van der Waals surface area contributed by atoms with Gasteiger partial charge in [0.15, 0.2) is 0 Å². The lowest BCUT2D eigenvalue weighted by Gasteiger charge is -2.01. The number of hydrogen-bond acceptors (Lipinski definition) is 3. The molecule has 0 radical (unpaired) electrons. The molecule has 0 aliphatic carbocycles. The van der Waals surface area contributed by atoms with Crippen LogP contribution in [0.3, 0.4) is 0 Å². The van der Waals surface area contributed by atoms with E-state index in [0.29, 0.717) is 4.47 Å². The number of hydrogen-bond donors (Lipinski definition) is 1. The van der Waals surface area contributed by atoms with Gasteiger partial charge in [0.05, 0.1) is 5.56 Å². The molecule has 0 bridgehead atoms. The average molecular weight is 245 g/mol. The third-order valence-electron chi connectivity index (χ3n) is 1.35. The number of carbonyl (C=O) groups is 2. The van der Waals surface area contributed by atoms with Gasteiger partial charge in [-0.25, -0.2) is 4.79 Å². The molecule has 0 aliphatic heterocycles. The van der Waals surface area contributed by atoms with Crippen LogP contribution in [0.2, 0.25) is 0 Å². The Hall–Kier alpha value is -1.36. The zero-order valence-electron chi connectivity index (χ0n) is 6.36. The van der Waals surface area contributed by atoms with Crippen LogP contribution in [-0.2, 0) is 4.79 Å². The first kappa shape index (κ1) is 9.73. The van der Waals surface area contributed by atoms with E-state index in [1.165, 1.54) is 18.2 Å². The number of rotatable bonds is 3. The Morgan fingerprint density at radius 2 is 2.23 bits per heavy atom.